The van der Waals surface area contributed by atoms with Crippen LogP contribution in [-0.4, -0.2) is 27.3 Å². The van der Waals surface area contributed by atoms with E-state index < -0.39 is 9.84 Å². The number of hydrogen-bond donors (Lipinski definition) is 1. The first-order chi connectivity index (χ1) is 8.06. The van der Waals surface area contributed by atoms with Crippen LogP contribution < -0.4 is 5.32 Å². The second-order valence-electron chi connectivity index (χ2n) is 3.83. The molecule has 0 bridgehead atoms. The molecule has 0 unspecified atom stereocenters. The first-order valence-electron chi connectivity index (χ1n) is 5.75. The van der Waals surface area contributed by atoms with Crippen LogP contribution in [0.1, 0.15) is 19.8 Å². The molecule has 0 spiro atoms. The van der Waals surface area contributed by atoms with Crippen LogP contribution in [0.25, 0.3) is 0 Å². The molecular weight excluding hydrogens is 302 g/mol. The third-order valence-electron chi connectivity index (χ3n) is 2.44. The van der Waals surface area contributed by atoms with E-state index in [-0.39, 0.29) is 5.75 Å². The topological polar surface area (TPSA) is 46.2 Å². The zero-order valence-electron chi connectivity index (χ0n) is 9.95. The fraction of sp³-hybridized carbons (Fsp3) is 0.500. The number of benzene rings is 1. The maximum absolute atomic E-state index is 11.9. The Labute approximate surface area is 112 Å². The summed E-state index contributed by atoms with van der Waals surface area (Å²) >= 11 is 3.29. The predicted octanol–water partition coefficient (Wildman–Crippen LogP) is 2.61. The van der Waals surface area contributed by atoms with Crippen molar-refractivity contribution in [3.8, 4) is 0 Å². The van der Waals surface area contributed by atoms with Crippen LogP contribution in [0.2, 0.25) is 0 Å². The highest BCUT2D eigenvalue weighted by atomic mass is 79.9. The molecule has 0 heterocycles. The molecule has 0 fully saturated rings. The Bertz CT molecular complexity index is 428. The highest BCUT2D eigenvalue weighted by Crippen LogP contribution is 2.16. The normalized spacial score (nSPS) is 11.6. The summed E-state index contributed by atoms with van der Waals surface area (Å²) in [6.07, 6.45) is 1.59. The Morgan fingerprint density at radius 1 is 1.18 bits per heavy atom. The molecule has 1 aromatic carbocycles. The van der Waals surface area contributed by atoms with E-state index in [1.807, 2.05) is 6.92 Å². The smallest absolute Gasteiger partial charge is 0.178 e. The lowest BCUT2D eigenvalue weighted by atomic mass is 10.3. The van der Waals surface area contributed by atoms with Gasteiger partial charge in [0.1, 0.15) is 0 Å². The summed E-state index contributed by atoms with van der Waals surface area (Å²) in [5.74, 6) is 0.222. The molecule has 0 aliphatic carbocycles. The zero-order valence-corrected chi connectivity index (χ0v) is 12.4. The molecule has 0 amide bonds. The molecule has 1 N–H and O–H groups in total. The van der Waals surface area contributed by atoms with E-state index in [2.05, 4.69) is 21.2 Å². The summed E-state index contributed by atoms with van der Waals surface area (Å²) in [7, 11) is -3.11. The van der Waals surface area contributed by atoms with Gasteiger partial charge in [0.25, 0.3) is 0 Å². The number of unbranched alkanes of at least 4 members (excludes halogenated alkanes) is 1. The quantitative estimate of drug-likeness (QED) is 0.786. The number of nitrogens with one attached hydrogen (secondary N) is 1. The molecule has 1 aromatic rings. The van der Waals surface area contributed by atoms with Crippen molar-refractivity contribution in [2.24, 2.45) is 0 Å². The van der Waals surface area contributed by atoms with Crippen molar-refractivity contribution in [3.05, 3.63) is 28.7 Å². The van der Waals surface area contributed by atoms with Crippen LogP contribution in [0.15, 0.2) is 33.6 Å². The third-order valence-corrected chi connectivity index (χ3v) is 4.78. The summed E-state index contributed by atoms with van der Waals surface area (Å²) in [4.78, 5) is 0.407. The predicted molar refractivity (Wildman–Crippen MR) is 74.0 cm³/mol. The van der Waals surface area contributed by atoms with Gasteiger partial charge >= 0.3 is 0 Å². The monoisotopic (exact) mass is 319 g/mol. The lowest BCUT2D eigenvalue weighted by Crippen LogP contribution is -2.15. The van der Waals surface area contributed by atoms with E-state index in [9.17, 15) is 8.42 Å². The summed E-state index contributed by atoms with van der Waals surface area (Å²) in [5.41, 5.74) is 0. The largest absolute Gasteiger partial charge is 0.317 e. The van der Waals surface area contributed by atoms with Crippen molar-refractivity contribution in [3.63, 3.8) is 0 Å². The molecule has 0 aromatic heterocycles. The van der Waals surface area contributed by atoms with Crippen LogP contribution >= 0.6 is 15.9 Å². The highest BCUT2D eigenvalue weighted by Gasteiger charge is 2.13. The minimum absolute atomic E-state index is 0.222. The lowest BCUT2D eigenvalue weighted by molar-refractivity contribution is 0.588. The van der Waals surface area contributed by atoms with Gasteiger partial charge in [0.2, 0.25) is 0 Å². The molecule has 5 heteroatoms. The molecule has 0 aliphatic heterocycles. The molecule has 0 atom stereocenters. The first kappa shape index (κ1) is 14.7. The minimum Gasteiger partial charge on any atom is -0.317 e. The van der Waals surface area contributed by atoms with Gasteiger partial charge in [-0.1, -0.05) is 22.9 Å². The van der Waals surface area contributed by atoms with E-state index >= 15 is 0 Å². The average Bonchev–Trinajstić information content (AvgIpc) is 2.29. The second kappa shape index (κ2) is 7.13. The summed E-state index contributed by atoms with van der Waals surface area (Å²) < 4.78 is 24.8. The van der Waals surface area contributed by atoms with Gasteiger partial charge in [-0.2, -0.15) is 0 Å². The third kappa shape index (κ3) is 5.19. The summed E-state index contributed by atoms with van der Waals surface area (Å²) in [5, 5.41) is 3.18. The molecule has 17 heavy (non-hydrogen) atoms. The number of hydrogen-bond acceptors (Lipinski definition) is 3. The van der Waals surface area contributed by atoms with E-state index in [1.165, 1.54) is 0 Å². The van der Waals surface area contributed by atoms with Gasteiger partial charge < -0.3 is 5.32 Å². The van der Waals surface area contributed by atoms with Gasteiger partial charge in [0.05, 0.1) is 10.6 Å². The Hall–Kier alpha value is -0.390. The van der Waals surface area contributed by atoms with Crippen molar-refractivity contribution in [1.82, 2.24) is 5.32 Å². The van der Waals surface area contributed by atoms with Crippen molar-refractivity contribution in [2.45, 2.75) is 24.7 Å². The summed E-state index contributed by atoms with van der Waals surface area (Å²) in [6, 6.07) is 6.80. The fourth-order valence-electron chi connectivity index (χ4n) is 1.48. The van der Waals surface area contributed by atoms with Crippen LogP contribution in [0.4, 0.5) is 0 Å². The number of rotatable bonds is 7. The van der Waals surface area contributed by atoms with Gasteiger partial charge in [-0.3, -0.25) is 0 Å². The second-order valence-corrected chi connectivity index (χ2v) is 6.86. The van der Waals surface area contributed by atoms with E-state index in [1.54, 1.807) is 24.3 Å². The van der Waals surface area contributed by atoms with Crippen LogP contribution in [0.3, 0.4) is 0 Å². The SMILES string of the molecule is CCNCCCCS(=O)(=O)c1ccc(Br)cc1. The van der Waals surface area contributed by atoms with Crippen molar-refractivity contribution in [1.29, 1.82) is 0 Å². The number of sulfone groups is 1. The molecule has 0 radical (unpaired) electrons. The first-order valence-corrected chi connectivity index (χ1v) is 8.20. The van der Waals surface area contributed by atoms with Crippen LogP contribution in [0.5, 0.6) is 0 Å². The molecule has 0 aliphatic rings. The molecule has 3 nitrogen and oxygen atoms in total. The van der Waals surface area contributed by atoms with Crippen molar-refractivity contribution in [2.75, 3.05) is 18.8 Å². The number of halogens is 1. The Balaban J connectivity index is 2.48. The molecular formula is C12H18BrNO2S. The van der Waals surface area contributed by atoms with Gasteiger partial charge in [0, 0.05) is 4.47 Å². The maximum Gasteiger partial charge on any atom is 0.178 e. The zero-order chi connectivity index (χ0) is 12.7. The fourth-order valence-corrected chi connectivity index (χ4v) is 3.11. The maximum atomic E-state index is 11.9. The van der Waals surface area contributed by atoms with Gasteiger partial charge in [-0.25, -0.2) is 8.42 Å². The van der Waals surface area contributed by atoms with Crippen molar-refractivity contribution < 1.29 is 8.42 Å². The van der Waals surface area contributed by atoms with E-state index in [0.29, 0.717) is 11.3 Å². The Morgan fingerprint density at radius 2 is 1.82 bits per heavy atom. The van der Waals surface area contributed by atoms with Gasteiger partial charge in [0.15, 0.2) is 9.84 Å². The van der Waals surface area contributed by atoms with Gasteiger partial charge in [-0.05, 0) is 50.2 Å². The summed E-state index contributed by atoms with van der Waals surface area (Å²) in [6.45, 7) is 3.85. The molecule has 96 valence electrons. The Morgan fingerprint density at radius 3 is 2.41 bits per heavy atom. The molecule has 0 saturated heterocycles. The van der Waals surface area contributed by atoms with E-state index in [0.717, 1.165) is 24.0 Å². The minimum atomic E-state index is -3.11. The lowest BCUT2D eigenvalue weighted by Gasteiger charge is -2.05. The van der Waals surface area contributed by atoms with Crippen LogP contribution in [-0.2, 0) is 9.84 Å². The average molecular weight is 320 g/mol. The van der Waals surface area contributed by atoms with Gasteiger partial charge in [-0.15, -0.1) is 0 Å². The standard InChI is InChI=1S/C12H18BrNO2S/c1-2-14-9-3-4-10-17(15,16)12-7-5-11(13)6-8-12/h5-8,14H,2-4,9-10H2,1H3. The van der Waals surface area contributed by atoms with Crippen LogP contribution in [0, 0.1) is 0 Å². The highest BCUT2D eigenvalue weighted by molar-refractivity contribution is 9.10. The molecule has 0 saturated carbocycles. The molecule has 1 rings (SSSR count). The van der Waals surface area contributed by atoms with E-state index in [4.69, 9.17) is 0 Å². The van der Waals surface area contributed by atoms with Crippen molar-refractivity contribution >= 4 is 25.8 Å². The Kier molecular flexibility index (Phi) is 6.16.